The summed E-state index contributed by atoms with van der Waals surface area (Å²) < 4.78 is 8.94. The predicted octanol–water partition coefficient (Wildman–Crippen LogP) is 4.99. The zero-order valence-electron chi connectivity index (χ0n) is 17.8. The van der Waals surface area contributed by atoms with Crippen molar-refractivity contribution in [1.29, 1.82) is 0 Å². The Balaban J connectivity index is 1.55. The van der Waals surface area contributed by atoms with Gasteiger partial charge < -0.3 is 15.0 Å². The van der Waals surface area contributed by atoms with Gasteiger partial charge in [-0.05, 0) is 72.4 Å². The van der Waals surface area contributed by atoms with Crippen molar-refractivity contribution in [3.05, 3.63) is 46.1 Å². The zero-order chi connectivity index (χ0) is 21.1. The lowest BCUT2D eigenvalue weighted by atomic mass is 10.1. The molecule has 0 spiro atoms. The Morgan fingerprint density at radius 3 is 2.43 bits per heavy atom. The van der Waals surface area contributed by atoms with E-state index in [1.54, 1.807) is 0 Å². The molecule has 30 heavy (non-hydrogen) atoms. The largest absolute Gasteiger partial charge is 0.460 e. The van der Waals surface area contributed by atoms with E-state index in [-0.39, 0.29) is 6.10 Å². The highest BCUT2D eigenvalue weighted by molar-refractivity contribution is 9.10. The van der Waals surface area contributed by atoms with Gasteiger partial charge in [0.15, 0.2) is 5.65 Å². The van der Waals surface area contributed by atoms with Crippen LogP contribution >= 0.6 is 15.9 Å². The maximum Gasteiger partial charge on any atom is 0.320 e. The van der Waals surface area contributed by atoms with Gasteiger partial charge in [-0.15, -0.1) is 0 Å². The van der Waals surface area contributed by atoms with E-state index in [2.05, 4.69) is 66.6 Å². The molecule has 0 bridgehead atoms. The number of aromatic nitrogens is 3. The highest BCUT2D eigenvalue weighted by atomic mass is 79.9. The first-order valence-corrected chi connectivity index (χ1v) is 11.6. The SMILES string of the molecule is CCCC(C)Oc1nc(N)c2cc(Br)n(Cc3ccc(CN4CCCC4)cc3)c2n1. The Morgan fingerprint density at radius 2 is 1.77 bits per heavy atom. The molecule has 2 N–H and O–H groups in total. The minimum absolute atomic E-state index is 0.0573. The van der Waals surface area contributed by atoms with Crippen LogP contribution in [0, 0.1) is 0 Å². The van der Waals surface area contributed by atoms with Crippen LogP contribution in [-0.2, 0) is 13.1 Å². The van der Waals surface area contributed by atoms with E-state index in [0.29, 0.717) is 18.4 Å². The Kier molecular flexibility index (Phi) is 6.58. The van der Waals surface area contributed by atoms with Gasteiger partial charge in [0.05, 0.1) is 22.6 Å². The lowest BCUT2D eigenvalue weighted by molar-refractivity contribution is 0.193. The first kappa shape index (κ1) is 21.1. The number of nitrogens with two attached hydrogens (primary N) is 1. The van der Waals surface area contributed by atoms with Gasteiger partial charge in [-0.2, -0.15) is 9.97 Å². The summed E-state index contributed by atoms with van der Waals surface area (Å²) in [5.74, 6) is 0.444. The molecule has 0 saturated carbocycles. The number of hydrogen-bond acceptors (Lipinski definition) is 5. The van der Waals surface area contributed by atoms with Crippen molar-refractivity contribution in [2.75, 3.05) is 18.8 Å². The molecule has 3 heterocycles. The molecule has 0 radical (unpaired) electrons. The fraction of sp³-hybridized carbons (Fsp3) is 0.478. The molecule has 1 fully saturated rings. The van der Waals surface area contributed by atoms with Crippen molar-refractivity contribution in [2.24, 2.45) is 0 Å². The van der Waals surface area contributed by atoms with E-state index in [4.69, 9.17) is 10.5 Å². The Labute approximate surface area is 186 Å². The zero-order valence-corrected chi connectivity index (χ0v) is 19.4. The number of anilines is 1. The molecule has 6 nitrogen and oxygen atoms in total. The number of nitrogen functional groups attached to an aromatic ring is 1. The van der Waals surface area contributed by atoms with Crippen molar-refractivity contribution in [2.45, 2.75) is 58.7 Å². The van der Waals surface area contributed by atoms with Gasteiger partial charge in [0.2, 0.25) is 0 Å². The van der Waals surface area contributed by atoms with E-state index in [1.165, 1.54) is 37.1 Å². The highest BCUT2D eigenvalue weighted by Crippen LogP contribution is 2.29. The summed E-state index contributed by atoms with van der Waals surface area (Å²) in [6.45, 7) is 8.34. The molecule has 1 atom stereocenters. The quantitative estimate of drug-likeness (QED) is 0.501. The fourth-order valence-corrected chi connectivity index (χ4v) is 4.60. The number of halogens is 1. The monoisotopic (exact) mass is 471 g/mol. The van der Waals surface area contributed by atoms with E-state index in [1.807, 2.05) is 13.0 Å². The third kappa shape index (κ3) is 4.78. The standard InChI is InChI=1S/C23H30BrN5O/c1-3-6-16(2)30-23-26-21(25)19-13-20(24)29(22(19)27-23)15-18-9-7-17(8-10-18)14-28-11-4-5-12-28/h7-10,13,16H,3-6,11-12,14-15H2,1-2H3,(H2,25,26,27). The van der Waals surface area contributed by atoms with Gasteiger partial charge in [-0.25, -0.2) is 0 Å². The van der Waals surface area contributed by atoms with Gasteiger partial charge >= 0.3 is 6.01 Å². The third-order valence-electron chi connectivity index (χ3n) is 5.68. The summed E-state index contributed by atoms with van der Waals surface area (Å²) in [5, 5.41) is 0.836. The Bertz CT molecular complexity index is 995. The van der Waals surface area contributed by atoms with Crippen molar-refractivity contribution in [3.8, 4) is 6.01 Å². The molecule has 1 unspecified atom stereocenters. The van der Waals surface area contributed by atoms with Crippen LogP contribution in [0.15, 0.2) is 34.9 Å². The molecular formula is C23H30BrN5O. The summed E-state index contributed by atoms with van der Waals surface area (Å²) >= 11 is 3.67. The summed E-state index contributed by atoms with van der Waals surface area (Å²) in [6.07, 6.45) is 4.70. The van der Waals surface area contributed by atoms with Crippen LogP contribution in [0.25, 0.3) is 11.0 Å². The van der Waals surface area contributed by atoms with E-state index in [0.717, 1.165) is 35.0 Å². The maximum absolute atomic E-state index is 6.21. The number of fused-ring (bicyclic) bond motifs is 1. The van der Waals surface area contributed by atoms with Gasteiger partial charge in [-0.3, -0.25) is 4.90 Å². The van der Waals surface area contributed by atoms with Gasteiger partial charge in [0, 0.05) is 6.54 Å². The van der Waals surface area contributed by atoms with Crippen LogP contribution in [0.3, 0.4) is 0 Å². The smallest absolute Gasteiger partial charge is 0.320 e. The predicted molar refractivity (Wildman–Crippen MR) is 125 cm³/mol. The van der Waals surface area contributed by atoms with Crippen molar-refractivity contribution < 1.29 is 4.74 Å². The number of hydrogen-bond donors (Lipinski definition) is 1. The van der Waals surface area contributed by atoms with Gasteiger partial charge in [0.1, 0.15) is 5.82 Å². The van der Waals surface area contributed by atoms with Gasteiger partial charge in [0.25, 0.3) is 0 Å². The molecule has 160 valence electrons. The molecule has 1 aromatic carbocycles. The molecule has 1 aliphatic rings. The van der Waals surface area contributed by atoms with Crippen LogP contribution in [0.2, 0.25) is 0 Å². The minimum atomic E-state index is 0.0573. The molecule has 1 aliphatic heterocycles. The second kappa shape index (κ2) is 9.35. The fourth-order valence-electron chi connectivity index (χ4n) is 4.08. The van der Waals surface area contributed by atoms with E-state index < -0.39 is 0 Å². The summed E-state index contributed by atoms with van der Waals surface area (Å²) in [5.41, 5.74) is 9.58. The van der Waals surface area contributed by atoms with Crippen LogP contribution in [0.1, 0.15) is 50.7 Å². The molecular weight excluding hydrogens is 442 g/mol. The van der Waals surface area contributed by atoms with Crippen molar-refractivity contribution in [3.63, 3.8) is 0 Å². The molecule has 2 aromatic heterocycles. The number of nitrogens with zero attached hydrogens (tertiary/aromatic N) is 4. The second-order valence-corrected chi connectivity index (χ2v) is 9.01. The Hall–Kier alpha value is -2.12. The number of rotatable bonds is 8. The summed E-state index contributed by atoms with van der Waals surface area (Å²) in [7, 11) is 0. The van der Waals surface area contributed by atoms with Crippen molar-refractivity contribution >= 4 is 32.8 Å². The minimum Gasteiger partial charge on any atom is -0.460 e. The molecule has 7 heteroatoms. The van der Waals surface area contributed by atoms with Crippen LogP contribution in [-0.4, -0.2) is 38.6 Å². The normalized spacial score (nSPS) is 15.7. The average Bonchev–Trinajstić information content (AvgIpc) is 3.33. The molecule has 0 amide bonds. The first-order valence-electron chi connectivity index (χ1n) is 10.8. The topological polar surface area (TPSA) is 69.2 Å². The second-order valence-electron chi connectivity index (χ2n) is 8.20. The number of ether oxygens (including phenoxy) is 1. The summed E-state index contributed by atoms with van der Waals surface area (Å²) in [4.78, 5) is 11.5. The van der Waals surface area contributed by atoms with Gasteiger partial charge in [-0.1, -0.05) is 37.6 Å². The van der Waals surface area contributed by atoms with Crippen molar-refractivity contribution in [1.82, 2.24) is 19.4 Å². The van der Waals surface area contributed by atoms with Crippen LogP contribution < -0.4 is 10.5 Å². The maximum atomic E-state index is 6.21. The van der Waals surface area contributed by atoms with Crippen LogP contribution in [0.5, 0.6) is 6.01 Å². The average molecular weight is 472 g/mol. The van der Waals surface area contributed by atoms with E-state index >= 15 is 0 Å². The number of likely N-dealkylation sites (tertiary alicyclic amines) is 1. The third-order valence-corrected chi connectivity index (χ3v) is 6.34. The molecule has 0 aliphatic carbocycles. The molecule has 3 aromatic rings. The van der Waals surface area contributed by atoms with Crippen LogP contribution in [0.4, 0.5) is 5.82 Å². The summed E-state index contributed by atoms with van der Waals surface area (Å²) in [6, 6.07) is 11.2. The molecule has 4 rings (SSSR count). The Morgan fingerprint density at radius 1 is 1.10 bits per heavy atom. The number of benzene rings is 1. The molecule has 1 saturated heterocycles. The van der Waals surface area contributed by atoms with E-state index in [9.17, 15) is 0 Å². The lowest BCUT2D eigenvalue weighted by Crippen LogP contribution is -2.18. The lowest BCUT2D eigenvalue weighted by Gasteiger charge is -2.15. The first-order chi connectivity index (χ1) is 14.5. The highest BCUT2D eigenvalue weighted by Gasteiger charge is 2.16.